The SMILES string of the molecule is CNc1ccc(Oc2ccnc(NC(=O)CN(OC(C)(C)C)C(C)=O)c2)cc1N. The van der Waals surface area contributed by atoms with Gasteiger partial charge in [0, 0.05) is 32.3 Å². The molecule has 0 aliphatic rings. The number of nitrogens with two attached hydrogens (primary N) is 1. The van der Waals surface area contributed by atoms with Crippen LogP contribution in [0, 0.1) is 0 Å². The van der Waals surface area contributed by atoms with Crippen molar-refractivity contribution in [2.24, 2.45) is 0 Å². The number of hydrogen-bond donors (Lipinski definition) is 3. The molecule has 1 aromatic carbocycles. The molecule has 0 saturated carbocycles. The van der Waals surface area contributed by atoms with Crippen molar-refractivity contribution in [2.75, 3.05) is 30.0 Å². The summed E-state index contributed by atoms with van der Waals surface area (Å²) < 4.78 is 5.78. The van der Waals surface area contributed by atoms with Crippen LogP contribution in [0.4, 0.5) is 17.2 Å². The van der Waals surface area contributed by atoms with Crippen LogP contribution in [0.2, 0.25) is 0 Å². The van der Waals surface area contributed by atoms with Gasteiger partial charge in [-0.2, -0.15) is 0 Å². The van der Waals surface area contributed by atoms with Gasteiger partial charge in [0.2, 0.25) is 11.8 Å². The van der Waals surface area contributed by atoms with Crippen molar-refractivity contribution in [3.05, 3.63) is 36.5 Å². The van der Waals surface area contributed by atoms with E-state index in [9.17, 15) is 9.59 Å². The van der Waals surface area contributed by atoms with E-state index in [1.807, 2.05) is 0 Å². The molecule has 2 rings (SSSR count). The maximum atomic E-state index is 12.3. The molecular weight excluding hydrogens is 374 g/mol. The number of aromatic nitrogens is 1. The normalized spacial score (nSPS) is 10.9. The molecule has 0 radical (unpaired) electrons. The van der Waals surface area contributed by atoms with Crippen molar-refractivity contribution < 1.29 is 19.2 Å². The van der Waals surface area contributed by atoms with Gasteiger partial charge in [-0.05, 0) is 39.0 Å². The zero-order chi connectivity index (χ0) is 21.6. The van der Waals surface area contributed by atoms with Crippen LogP contribution < -0.4 is 21.1 Å². The fraction of sp³-hybridized carbons (Fsp3) is 0.350. The van der Waals surface area contributed by atoms with E-state index in [0.717, 1.165) is 10.8 Å². The number of nitrogens with zero attached hydrogens (tertiary/aromatic N) is 2. The van der Waals surface area contributed by atoms with E-state index in [4.69, 9.17) is 15.3 Å². The average Bonchev–Trinajstić information content (AvgIpc) is 2.60. The second kappa shape index (κ2) is 9.24. The predicted octanol–water partition coefficient (Wildman–Crippen LogP) is 3.01. The van der Waals surface area contributed by atoms with Gasteiger partial charge in [-0.1, -0.05) is 0 Å². The molecule has 2 amide bonds. The van der Waals surface area contributed by atoms with Gasteiger partial charge in [0.15, 0.2) is 0 Å². The Kier molecular flexibility index (Phi) is 7.00. The number of pyridine rings is 1. The lowest BCUT2D eigenvalue weighted by molar-refractivity contribution is -0.223. The minimum Gasteiger partial charge on any atom is -0.457 e. The quantitative estimate of drug-likeness (QED) is 0.482. The van der Waals surface area contributed by atoms with Crippen LogP contribution >= 0.6 is 0 Å². The Hall–Kier alpha value is -3.33. The number of anilines is 3. The van der Waals surface area contributed by atoms with Gasteiger partial charge in [-0.15, -0.1) is 0 Å². The number of carbonyl (C=O) groups is 2. The summed E-state index contributed by atoms with van der Waals surface area (Å²) in [6.07, 6.45) is 1.50. The zero-order valence-electron chi connectivity index (χ0n) is 17.3. The summed E-state index contributed by atoms with van der Waals surface area (Å²) in [6.45, 7) is 6.44. The van der Waals surface area contributed by atoms with Crippen LogP contribution in [0.15, 0.2) is 36.5 Å². The van der Waals surface area contributed by atoms with Crippen molar-refractivity contribution in [2.45, 2.75) is 33.3 Å². The summed E-state index contributed by atoms with van der Waals surface area (Å²) >= 11 is 0. The van der Waals surface area contributed by atoms with Gasteiger partial charge < -0.3 is 21.1 Å². The minimum absolute atomic E-state index is 0.263. The average molecular weight is 401 g/mol. The van der Waals surface area contributed by atoms with Gasteiger partial charge >= 0.3 is 0 Å². The summed E-state index contributed by atoms with van der Waals surface area (Å²) in [5.41, 5.74) is 6.68. The molecule has 1 heterocycles. The van der Waals surface area contributed by atoms with Crippen LogP contribution in [0.3, 0.4) is 0 Å². The number of ether oxygens (including phenoxy) is 1. The first kappa shape index (κ1) is 22.0. The minimum atomic E-state index is -0.608. The largest absolute Gasteiger partial charge is 0.457 e. The summed E-state index contributed by atoms with van der Waals surface area (Å²) in [7, 11) is 1.78. The number of benzene rings is 1. The molecule has 4 N–H and O–H groups in total. The first-order valence-corrected chi connectivity index (χ1v) is 9.05. The van der Waals surface area contributed by atoms with E-state index in [-0.39, 0.29) is 18.3 Å². The summed E-state index contributed by atoms with van der Waals surface area (Å²) in [5.74, 6) is 0.485. The summed E-state index contributed by atoms with van der Waals surface area (Å²) in [6, 6.07) is 8.50. The Morgan fingerprint density at radius 3 is 2.45 bits per heavy atom. The van der Waals surface area contributed by atoms with Gasteiger partial charge in [0.1, 0.15) is 23.9 Å². The maximum Gasteiger partial charge on any atom is 0.247 e. The molecule has 9 nitrogen and oxygen atoms in total. The standard InChI is InChI=1S/C20H27N5O4/c1-13(26)25(29-20(2,3)4)12-19(27)24-18-11-15(8-9-23-18)28-14-6-7-17(22-5)16(21)10-14/h6-11,22H,12,21H2,1-5H3,(H,23,24,27). The van der Waals surface area contributed by atoms with E-state index < -0.39 is 11.5 Å². The molecule has 156 valence electrons. The molecule has 0 spiro atoms. The van der Waals surface area contributed by atoms with E-state index in [0.29, 0.717) is 17.2 Å². The van der Waals surface area contributed by atoms with Crippen LogP contribution in [-0.2, 0) is 14.4 Å². The summed E-state index contributed by atoms with van der Waals surface area (Å²) in [4.78, 5) is 33.6. The van der Waals surface area contributed by atoms with Crippen LogP contribution in [0.25, 0.3) is 0 Å². The third-order valence-corrected chi connectivity index (χ3v) is 3.55. The van der Waals surface area contributed by atoms with Gasteiger partial charge in [-0.25, -0.2) is 10.0 Å². The third kappa shape index (κ3) is 6.96. The Morgan fingerprint density at radius 1 is 1.17 bits per heavy atom. The fourth-order valence-electron chi connectivity index (χ4n) is 2.36. The fourth-order valence-corrected chi connectivity index (χ4v) is 2.36. The molecule has 29 heavy (non-hydrogen) atoms. The van der Waals surface area contributed by atoms with Crippen LogP contribution in [0.1, 0.15) is 27.7 Å². The molecule has 2 aromatic rings. The number of hydroxylamine groups is 2. The number of nitrogen functional groups attached to an aromatic ring is 1. The highest BCUT2D eigenvalue weighted by atomic mass is 16.7. The first-order chi connectivity index (χ1) is 13.6. The third-order valence-electron chi connectivity index (χ3n) is 3.55. The van der Waals surface area contributed by atoms with Gasteiger partial charge in [0.05, 0.1) is 17.0 Å². The van der Waals surface area contributed by atoms with Crippen LogP contribution in [0.5, 0.6) is 11.5 Å². The first-order valence-electron chi connectivity index (χ1n) is 9.05. The van der Waals surface area contributed by atoms with Crippen molar-refractivity contribution in [1.82, 2.24) is 10.0 Å². The molecule has 0 atom stereocenters. The monoisotopic (exact) mass is 401 g/mol. The van der Waals surface area contributed by atoms with Crippen molar-refractivity contribution >= 4 is 29.0 Å². The van der Waals surface area contributed by atoms with Gasteiger partial charge in [0.25, 0.3) is 0 Å². The molecular formula is C20H27N5O4. The van der Waals surface area contributed by atoms with Crippen molar-refractivity contribution in [1.29, 1.82) is 0 Å². The molecule has 0 bridgehead atoms. The Balaban J connectivity index is 2.04. The highest BCUT2D eigenvalue weighted by molar-refractivity contribution is 5.93. The van der Waals surface area contributed by atoms with E-state index in [1.165, 1.54) is 13.1 Å². The zero-order valence-corrected chi connectivity index (χ0v) is 17.3. The molecule has 0 unspecified atom stereocenters. The molecule has 1 aromatic heterocycles. The second-order valence-corrected chi connectivity index (χ2v) is 7.29. The number of rotatable bonds is 7. The number of amides is 2. The highest BCUT2D eigenvalue weighted by Crippen LogP contribution is 2.28. The van der Waals surface area contributed by atoms with Gasteiger partial charge in [-0.3, -0.25) is 14.4 Å². The lowest BCUT2D eigenvalue weighted by Gasteiger charge is -2.28. The van der Waals surface area contributed by atoms with Crippen LogP contribution in [-0.4, -0.2) is 41.1 Å². The Labute approximate surface area is 170 Å². The number of nitrogens with one attached hydrogen (secondary N) is 2. The highest BCUT2D eigenvalue weighted by Gasteiger charge is 2.22. The summed E-state index contributed by atoms with van der Waals surface area (Å²) in [5, 5.41) is 6.62. The molecule has 0 aliphatic heterocycles. The van der Waals surface area contributed by atoms with Crippen molar-refractivity contribution in [3.8, 4) is 11.5 Å². The predicted molar refractivity (Wildman–Crippen MR) is 112 cm³/mol. The molecule has 0 fully saturated rings. The lowest BCUT2D eigenvalue weighted by atomic mass is 10.2. The Morgan fingerprint density at radius 2 is 1.86 bits per heavy atom. The number of carbonyl (C=O) groups excluding carboxylic acids is 2. The van der Waals surface area contributed by atoms with E-state index in [2.05, 4.69) is 15.6 Å². The molecule has 0 saturated heterocycles. The smallest absolute Gasteiger partial charge is 0.247 e. The Bertz CT molecular complexity index is 879. The second-order valence-electron chi connectivity index (χ2n) is 7.29. The molecule has 0 aliphatic carbocycles. The number of hydrogen-bond acceptors (Lipinski definition) is 7. The topological polar surface area (TPSA) is 119 Å². The van der Waals surface area contributed by atoms with E-state index in [1.54, 1.807) is 58.2 Å². The van der Waals surface area contributed by atoms with Crippen molar-refractivity contribution in [3.63, 3.8) is 0 Å². The lowest BCUT2D eigenvalue weighted by Crippen LogP contribution is -2.41. The van der Waals surface area contributed by atoms with E-state index >= 15 is 0 Å². The maximum absolute atomic E-state index is 12.3. The molecule has 9 heteroatoms.